The Labute approximate surface area is 90.2 Å². The summed E-state index contributed by atoms with van der Waals surface area (Å²) in [6, 6.07) is 0.299. The van der Waals surface area contributed by atoms with E-state index >= 15 is 0 Å². The maximum absolute atomic E-state index is 12.6. The van der Waals surface area contributed by atoms with Crippen LogP contribution in [0.3, 0.4) is 0 Å². The van der Waals surface area contributed by atoms with Crippen molar-refractivity contribution in [2.75, 3.05) is 26.2 Å². The number of amides is 1. The second-order valence-corrected chi connectivity index (χ2v) is 5.03. The molecule has 0 aromatic carbocycles. The zero-order chi connectivity index (χ0) is 11.0. The van der Waals surface area contributed by atoms with Gasteiger partial charge in [-0.15, -0.1) is 0 Å². The van der Waals surface area contributed by atoms with Crippen LogP contribution in [0.1, 0.15) is 20.3 Å². The molecule has 2 saturated heterocycles. The first-order chi connectivity index (χ1) is 7.06. The minimum absolute atomic E-state index is 0.257. The molecule has 1 amide bonds. The van der Waals surface area contributed by atoms with Crippen LogP contribution in [0.5, 0.6) is 0 Å². The normalized spacial score (nSPS) is 28.9. The van der Waals surface area contributed by atoms with Gasteiger partial charge in [0, 0.05) is 38.6 Å². The lowest BCUT2D eigenvalue weighted by atomic mass is 10.1. The van der Waals surface area contributed by atoms with Crippen LogP contribution >= 0.6 is 0 Å². The SMILES string of the molecule is CC(C)N1CC(CN2CC(F)C2)CC1=O. The van der Waals surface area contributed by atoms with Gasteiger partial charge in [0.2, 0.25) is 5.91 Å². The number of halogens is 1. The Hall–Kier alpha value is -0.640. The standard InChI is InChI=1S/C11H19FN2O/c1-8(2)14-5-9(3-11(14)15)4-13-6-10(12)7-13/h8-10H,3-7H2,1-2H3. The monoisotopic (exact) mass is 214 g/mol. The van der Waals surface area contributed by atoms with Gasteiger partial charge >= 0.3 is 0 Å². The fourth-order valence-electron chi connectivity index (χ4n) is 2.45. The maximum Gasteiger partial charge on any atom is 0.223 e. The van der Waals surface area contributed by atoms with E-state index in [1.807, 2.05) is 18.7 Å². The molecule has 0 saturated carbocycles. The molecule has 86 valence electrons. The van der Waals surface area contributed by atoms with Gasteiger partial charge in [-0.25, -0.2) is 4.39 Å². The largest absolute Gasteiger partial charge is 0.340 e. The molecule has 0 aromatic heterocycles. The van der Waals surface area contributed by atoms with E-state index in [0.717, 1.165) is 13.1 Å². The highest BCUT2D eigenvalue weighted by atomic mass is 19.1. The number of hydrogen-bond donors (Lipinski definition) is 0. The second-order valence-electron chi connectivity index (χ2n) is 5.03. The highest BCUT2D eigenvalue weighted by Crippen LogP contribution is 2.23. The van der Waals surface area contributed by atoms with Crippen LogP contribution in [-0.4, -0.2) is 54.1 Å². The fourth-order valence-corrected chi connectivity index (χ4v) is 2.45. The molecule has 0 aromatic rings. The quantitative estimate of drug-likeness (QED) is 0.697. The highest BCUT2D eigenvalue weighted by molar-refractivity contribution is 5.78. The number of rotatable bonds is 3. The molecule has 0 N–H and O–H groups in total. The van der Waals surface area contributed by atoms with E-state index in [1.165, 1.54) is 0 Å². The van der Waals surface area contributed by atoms with Crippen molar-refractivity contribution in [3.8, 4) is 0 Å². The van der Waals surface area contributed by atoms with Crippen LogP contribution in [-0.2, 0) is 4.79 Å². The van der Waals surface area contributed by atoms with Crippen molar-refractivity contribution in [2.24, 2.45) is 5.92 Å². The van der Waals surface area contributed by atoms with E-state index in [1.54, 1.807) is 0 Å². The van der Waals surface area contributed by atoms with Crippen LogP contribution in [0.2, 0.25) is 0 Å². The summed E-state index contributed by atoms with van der Waals surface area (Å²) in [5.41, 5.74) is 0. The molecule has 2 aliphatic rings. The first kappa shape index (κ1) is 10.9. The summed E-state index contributed by atoms with van der Waals surface area (Å²) in [7, 11) is 0. The molecule has 0 spiro atoms. The van der Waals surface area contributed by atoms with Crippen LogP contribution in [0.25, 0.3) is 0 Å². The molecule has 2 rings (SSSR count). The average Bonchev–Trinajstić information content (AvgIpc) is 2.44. The second kappa shape index (κ2) is 4.08. The van der Waals surface area contributed by atoms with Crippen molar-refractivity contribution in [3.63, 3.8) is 0 Å². The lowest BCUT2D eigenvalue weighted by Gasteiger charge is -2.36. The topological polar surface area (TPSA) is 23.6 Å². The molecule has 4 heteroatoms. The van der Waals surface area contributed by atoms with Gasteiger partial charge in [-0.1, -0.05) is 0 Å². The van der Waals surface area contributed by atoms with Crippen molar-refractivity contribution >= 4 is 5.91 Å². The number of carbonyl (C=O) groups is 1. The van der Waals surface area contributed by atoms with Crippen LogP contribution in [0, 0.1) is 5.92 Å². The van der Waals surface area contributed by atoms with Crippen LogP contribution in [0.4, 0.5) is 4.39 Å². The summed E-state index contributed by atoms with van der Waals surface area (Å²) in [5, 5.41) is 0. The number of hydrogen-bond acceptors (Lipinski definition) is 2. The average molecular weight is 214 g/mol. The fraction of sp³-hybridized carbons (Fsp3) is 0.909. The van der Waals surface area contributed by atoms with E-state index in [9.17, 15) is 9.18 Å². The molecule has 15 heavy (non-hydrogen) atoms. The first-order valence-electron chi connectivity index (χ1n) is 5.72. The van der Waals surface area contributed by atoms with E-state index in [2.05, 4.69) is 4.90 Å². The number of likely N-dealkylation sites (tertiary alicyclic amines) is 2. The zero-order valence-corrected chi connectivity index (χ0v) is 9.45. The van der Waals surface area contributed by atoms with Crippen molar-refractivity contribution in [3.05, 3.63) is 0 Å². The summed E-state index contributed by atoms with van der Waals surface area (Å²) >= 11 is 0. The summed E-state index contributed by atoms with van der Waals surface area (Å²) in [6.07, 6.45) is 0.00865. The van der Waals surface area contributed by atoms with E-state index in [0.29, 0.717) is 31.5 Å². The Morgan fingerprint density at radius 1 is 1.40 bits per heavy atom. The summed E-state index contributed by atoms with van der Waals surface area (Å²) < 4.78 is 12.6. The van der Waals surface area contributed by atoms with Crippen LogP contribution < -0.4 is 0 Å². The van der Waals surface area contributed by atoms with Crippen molar-refractivity contribution in [1.82, 2.24) is 9.80 Å². The third-order valence-corrected chi connectivity index (χ3v) is 3.29. The molecular formula is C11H19FN2O. The number of nitrogens with zero attached hydrogens (tertiary/aromatic N) is 2. The van der Waals surface area contributed by atoms with Crippen molar-refractivity contribution in [2.45, 2.75) is 32.5 Å². The molecule has 0 bridgehead atoms. The predicted molar refractivity (Wildman–Crippen MR) is 56.3 cm³/mol. The lowest BCUT2D eigenvalue weighted by molar-refractivity contribution is -0.129. The minimum Gasteiger partial charge on any atom is -0.340 e. The van der Waals surface area contributed by atoms with Crippen molar-refractivity contribution in [1.29, 1.82) is 0 Å². The van der Waals surface area contributed by atoms with Gasteiger partial charge in [0.05, 0.1) is 0 Å². The number of carbonyl (C=O) groups excluding carboxylic acids is 1. The van der Waals surface area contributed by atoms with Crippen LogP contribution in [0.15, 0.2) is 0 Å². The van der Waals surface area contributed by atoms with E-state index in [-0.39, 0.29) is 5.91 Å². The van der Waals surface area contributed by atoms with Gasteiger partial charge in [-0.3, -0.25) is 9.69 Å². The lowest BCUT2D eigenvalue weighted by Crippen LogP contribution is -2.50. The van der Waals surface area contributed by atoms with Gasteiger partial charge < -0.3 is 4.90 Å². The Balaban J connectivity index is 1.79. The Morgan fingerprint density at radius 2 is 2.07 bits per heavy atom. The Bertz CT molecular complexity index is 251. The molecule has 3 nitrogen and oxygen atoms in total. The minimum atomic E-state index is -0.636. The van der Waals surface area contributed by atoms with Gasteiger partial charge in [0.15, 0.2) is 0 Å². The molecule has 2 heterocycles. The molecule has 2 fully saturated rings. The van der Waals surface area contributed by atoms with Crippen molar-refractivity contribution < 1.29 is 9.18 Å². The zero-order valence-electron chi connectivity index (χ0n) is 9.45. The predicted octanol–water partition coefficient (Wildman–Crippen LogP) is 0.897. The summed E-state index contributed by atoms with van der Waals surface area (Å²) in [5.74, 6) is 0.666. The third-order valence-electron chi connectivity index (χ3n) is 3.29. The first-order valence-corrected chi connectivity index (χ1v) is 5.72. The molecular weight excluding hydrogens is 195 g/mol. The Kier molecular flexibility index (Phi) is 2.96. The maximum atomic E-state index is 12.6. The smallest absolute Gasteiger partial charge is 0.223 e. The molecule has 1 unspecified atom stereocenters. The summed E-state index contributed by atoms with van der Waals surface area (Å²) in [6.45, 7) is 6.95. The number of alkyl halides is 1. The molecule has 0 radical (unpaired) electrons. The van der Waals surface area contributed by atoms with E-state index < -0.39 is 6.17 Å². The van der Waals surface area contributed by atoms with Gasteiger partial charge in [-0.2, -0.15) is 0 Å². The highest BCUT2D eigenvalue weighted by Gasteiger charge is 2.35. The van der Waals surface area contributed by atoms with Gasteiger partial charge in [0.1, 0.15) is 6.17 Å². The van der Waals surface area contributed by atoms with Gasteiger partial charge in [-0.05, 0) is 19.8 Å². The molecule has 0 aliphatic carbocycles. The summed E-state index contributed by atoms with van der Waals surface area (Å²) in [4.78, 5) is 15.6. The molecule has 2 aliphatic heterocycles. The third kappa shape index (κ3) is 2.30. The molecule has 1 atom stereocenters. The Morgan fingerprint density at radius 3 is 2.53 bits per heavy atom. The van der Waals surface area contributed by atoms with E-state index in [4.69, 9.17) is 0 Å². The van der Waals surface area contributed by atoms with Gasteiger partial charge in [0.25, 0.3) is 0 Å².